The van der Waals surface area contributed by atoms with Crippen molar-refractivity contribution in [2.75, 3.05) is 59.5 Å². The van der Waals surface area contributed by atoms with Crippen LogP contribution in [-0.4, -0.2) is 246 Å². The minimum atomic E-state index is -2.41. The molecule has 18 atom stereocenters. The number of aliphatic hydroxyl groups is 8. The number of ether oxygens (including phenoxy) is 7. The first-order chi connectivity index (χ1) is 63.4. The molecule has 2 fully saturated rings. The van der Waals surface area contributed by atoms with Gasteiger partial charge in [0.25, 0.3) is 0 Å². The fourth-order valence-corrected chi connectivity index (χ4v) is 17.1. The predicted octanol–water partition coefficient (Wildman–Crippen LogP) is 3.27. The van der Waals surface area contributed by atoms with Gasteiger partial charge in [0.05, 0.1) is 23.3 Å². The number of phenols is 4. The number of phenolic OH excluding ortho intramolecular Hbond substituents is 4. The number of nitrogens with two attached hydrogens (primary N) is 2. The molecule has 0 spiro atoms. The van der Waals surface area contributed by atoms with Crippen molar-refractivity contribution in [3.05, 3.63) is 164 Å². The zero-order chi connectivity index (χ0) is 94.5. The Morgan fingerprint density at radius 1 is 0.523 bits per heavy atom. The Kier molecular flexibility index (Phi) is 33.0. The van der Waals surface area contributed by atoms with Gasteiger partial charge in [0.15, 0.2) is 23.0 Å². The molecule has 7 aromatic carbocycles. The van der Waals surface area contributed by atoms with E-state index in [0.717, 1.165) is 99.2 Å². The highest BCUT2D eigenvalue weighted by Crippen LogP contribution is 2.51. The number of aliphatic hydroxyl groups excluding tert-OH is 8. The molecule has 8 heterocycles. The number of nitrogens with zero attached hydrogens (tertiary/aromatic N) is 1. The SMILES string of the molecule is CCCCCCCCCCC(=O)N[C@H]1[C@H](Oc2c3cc4cc2Oc2ccc(cc2Cl)[C@@H](O)[C@@H]2NC(=O)[C@H](NC(=O)[C@@H]4NC(=O)[C@H]4NC(=O)[C@@H](Cc5ccc(cc5)O3)NC(=O)[C@@H](NC)c3ccc(O)c(c3)Oc3cc(O)c(Cl)c4c3)c3ccc(O)c(c3)-c3c(O[C@H]4O[C@H](CO)[C@@H](O)[C@H](O)[C@@H]4O)cc(O)cc3[C@H](C(=O)NCCCN(CCCN)CCCN)NC2=O)O[C@H](CO)[C@@H](O)[C@@H]1O. The Labute approximate surface area is 767 Å². The normalized spacial score (nSPS) is 25.4. The number of amides is 8. The van der Waals surface area contributed by atoms with Crippen LogP contribution >= 0.6 is 23.2 Å². The van der Waals surface area contributed by atoms with E-state index in [2.05, 4.69) is 59.7 Å². The van der Waals surface area contributed by atoms with Crippen molar-refractivity contribution < 1.29 is 133 Å². The van der Waals surface area contributed by atoms with Crippen molar-refractivity contribution in [3.63, 3.8) is 0 Å². The molecule has 710 valence electrons. The number of fused-ring (bicyclic) bond motifs is 14. The summed E-state index contributed by atoms with van der Waals surface area (Å²) in [4.78, 5) is 128. The Morgan fingerprint density at radius 3 is 1.81 bits per heavy atom. The zero-order valence-electron chi connectivity index (χ0n) is 72.1. The molecule has 41 heteroatoms. The summed E-state index contributed by atoms with van der Waals surface area (Å²) in [7, 11) is 1.44. The zero-order valence-corrected chi connectivity index (χ0v) is 73.6. The molecule has 0 radical (unpaired) electrons. The molecule has 39 nitrogen and oxygen atoms in total. The molecule has 17 bridgehead atoms. The van der Waals surface area contributed by atoms with Crippen LogP contribution in [0.1, 0.15) is 159 Å². The van der Waals surface area contributed by atoms with Crippen molar-refractivity contribution in [1.82, 2.24) is 52.8 Å². The first-order valence-corrected chi connectivity index (χ1v) is 44.5. The van der Waals surface area contributed by atoms with E-state index in [4.69, 9.17) is 67.8 Å². The van der Waals surface area contributed by atoms with Crippen LogP contribution in [0, 0.1) is 0 Å². The van der Waals surface area contributed by atoms with Gasteiger partial charge in [-0.25, -0.2) is 0 Å². The van der Waals surface area contributed by atoms with Crippen LogP contribution in [0.5, 0.6) is 69.0 Å². The number of aromatic hydroxyl groups is 4. The Balaban J connectivity index is 1.03. The van der Waals surface area contributed by atoms with Crippen molar-refractivity contribution in [2.45, 2.75) is 200 Å². The fourth-order valence-electron chi connectivity index (χ4n) is 16.7. The number of nitrogens with one attached hydrogen (secondary N) is 9. The summed E-state index contributed by atoms with van der Waals surface area (Å²) >= 11 is 14.4. The Bertz CT molecular complexity index is 5330. The van der Waals surface area contributed by atoms with Gasteiger partial charge < -0.3 is 159 Å². The highest BCUT2D eigenvalue weighted by Gasteiger charge is 2.50. The van der Waals surface area contributed by atoms with Gasteiger partial charge in [-0.15, -0.1) is 0 Å². The Hall–Kier alpha value is -11.5. The first kappa shape index (κ1) is 98.0. The number of rotatable bonds is 28. The molecule has 7 aromatic rings. The summed E-state index contributed by atoms with van der Waals surface area (Å²) < 4.78 is 45.1. The van der Waals surface area contributed by atoms with Gasteiger partial charge in [-0.05, 0) is 172 Å². The Morgan fingerprint density at radius 2 is 1.13 bits per heavy atom. The average Bonchev–Trinajstić information content (AvgIpc) is 0.827. The lowest BCUT2D eigenvalue weighted by atomic mass is 9.89. The topological polar surface area (TPSA) is 607 Å². The standard InChI is InChI=1S/C91H110Cl2N12O27/c1-3-4-5-6-7-8-9-10-14-66(112)99-75-79(116)77(114)64(41-106)130-90(75)132-82-62-35-47-36-63(82)128-59-24-19-46(33-54(59)92)76(113)74-89(125)103-72(84(120)97-27-13-30-105(28-11-25-94)29-12-26-95)52-37-48(108)38-61(129-91-81(118)80(117)78(115)65(42-107)131-91)67(52)51-32-44(17-22-56(51)109)70(86(122)104-74)100-87(123)71(47)101-88(124)73-53-39-50(40-58(111)68(53)93)127-60-34-45(18-23-57(60)110)69(96-2)85(121)98-55(83(119)102-73)31-43-15-20-49(126-62)21-16-43/h15-24,32-40,55,64-65,69-81,90-91,96,106-111,113-118H,3-14,25-31,41-42,94-95H2,1-2H3,(H,97,120)(H,98,121)(H,99,112)(H,100,123)(H,101,124)(H,102,119)(H,103,125)(H,104,122)/t55-,64-,65-,69+,70-,71-,72-,73+,74+,75-,76-,77-,78-,79-,80+,81+,90+,91+/m1/s1. The van der Waals surface area contributed by atoms with Gasteiger partial charge in [-0.2, -0.15) is 0 Å². The summed E-state index contributed by atoms with van der Waals surface area (Å²) in [5, 5.41) is 163. The lowest BCUT2D eigenvalue weighted by Gasteiger charge is -2.42. The van der Waals surface area contributed by atoms with Gasteiger partial charge >= 0.3 is 0 Å². The second-order valence-corrected chi connectivity index (χ2v) is 33.9. The van der Waals surface area contributed by atoms with Gasteiger partial charge in [-0.3, -0.25) is 38.4 Å². The molecule has 15 rings (SSSR count). The monoisotopic (exact) mass is 1870 g/mol. The van der Waals surface area contributed by atoms with Gasteiger partial charge in [0.2, 0.25) is 65.6 Å². The molecule has 0 aromatic heterocycles. The molecule has 8 aliphatic heterocycles. The van der Waals surface area contributed by atoms with Crippen LogP contribution in [0.2, 0.25) is 10.0 Å². The van der Waals surface area contributed by atoms with Crippen LogP contribution < -0.4 is 83.0 Å². The van der Waals surface area contributed by atoms with Gasteiger partial charge in [-0.1, -0.05) is 105 Å². The summed E-state index contributed by atoms with van der Waals surface area (Å²) in [5.74, 6) is -15.5. The largest absolute Gasteiger partial charge is 0.508 e. The van der Waals surface area contributed by atoms with Crippen LogP contribution in [0.25, 0.3) is 11.1 Å². The minimum absolute atomic E-state index is 0.0778. The maximum absolute atomic E-state index is 16.9. The molecule has 25 N–H and O–H groups in total. The summed E-state index contributed by atoms with van der Waals surface area (Å²) in [6.45, 7) is 2.33. The number of likely N-dealkylation sites (N-methyl/N-ethyl adjacent to an activating group) is 1. The number of benzene rings is 7. The number of carbonyl (C=O) groups is 8. The predicted molar refractivity (Wildman–Crippen MR) is 472 cm³/mol. The maximum Gasteiger partial charge on any atom is 0.248 e. The van der Waals surface area contributed by atoms with E-state index in [1.54, 1.807) is 0 Å². The van der Waals surface area contributed by atoms with Crippen LogP contribution in [0.4, 0.5) is 0 Å². The first-order valence-electron chi connectivity index (χ1n) is 43.7. The summed E-state index contributed by atoms with van der Waals surface area (Å²) in [6, 6.07) is 6.48. The minimum Gasteiger partial charge on any atom is -0.508 e. The highest BCUT2D eigenvalue weighted by atomic mass is 35.5. The third-order valence-corrected chi connectivity index (χ3v) is 24.5. The van der Waals surface area contributed by atoms with E-state index in [9.17, 15) is 70.9 Å². The third kappa shape index (κ3) is 22.7. The molecular weight excluding hydrogens is 1760 g/mol. The third-order valence-electron chi connectivity index (χ3n) is 23.8. The second-order valence-electron chi connectivity index (χ2n) is 33.2. The molecule has 132 heavy (non-hydrogen) atoms. The number of unbranched alkanes of at least 4 members (excludes halogenated alkanes) is 7. The van der Waals surface area contributed by atoms with Crippen molar-refractivity contribution in [2.24, 2.45) is 11.5 Å². The van der Waals surface area contributed by atoms with Crippen molar-refractivity contribution >= 4 is 70.5 Å². The number of hydrogen-bond donors (Lipinski definition) is 23. The second kappa shape index (κ2) is 44.4. The highest BCUT2D eigenvalue weighted by molar-refractivity contribution is 6.33. The van der Waals surface area contributed by atoms with E-state index in [-0.39, 0.29) is 59.9 Å². The molecule has 0 unspecified atom stereocenters. The lowest BCUT2D eigenvalue weighted by molar-refractivity contribution is -0.277. The molecule has 8 aliphatic rings. The van der Waals surface area contributed by atoms with E-state index < -0.39 is 260 Å². The van der Waals surface area contributed by atoms with Crippen LogP contribution in [0.3, 0.4) is 0 Å². The quantitative estimate of drug-likeness (QED) is 0.0313. The number of halogens is 2. The summed E-state index contributed by atoms with van der Waals surface area (Å²) in [6.07, 6.45) is -11.7. The van der Waals surface area contributed by atoms with E-state index >= 15 is 28.8 Å². The molecule has 0 aliphatic carbocycles. The van der Waals surface area contributed by atoms with Gasteiger partial charge in [0.1, 0.15) is 137 Å². The van der Waals surface area contributed by atoms with Crippen LogP contribution in [0.15, 0.2) is 115 Å². The van der Waals surface area contributed by atoms with E-state index in [1.165, 1.54) is 61.6 Å². The van der Waals surface area contributed by atoms with E-state index in [0.29, 0.717) is 64.0 Å². The molecule has 0 saturated carbocycles. The van der Waals surface area contributed by atoms with Gasteiger partial charge in [0, 0.05) is 48.2 Å². The molecule has 8 amide bonds. The smallest absolute Gasteiger partial charge is 0.248 e. The molecule has 2 saturated heterocycles. The molecular formula is C91H110Cl2N12O27. The number of carbonyl (C=O) groups excluding carboxylic acids is 8. The fraction of sp³-hybridized carbons (Fsp3) is 0.451. The average molecular weight is 1870 g/mol. The summed E-state index contributed by atoms with van der Waals surface area (Å²) in [5.41, 5.74) is 9.26. The van der Waals surface area contributed by atoms with Crippen molar-refractivity contribution in [3.8, 4) is 80.1 Å². The maximum atomic E-state index is 16.9. The van der Waals surface area contributed by atoms with Crippen molar-refractivity contribution in [1.29, 1.82) is 0 Å². The number of hydrogen-bond acceptors (Lipinski definition) is 31. The van der Waals surface area contributed by atoms with Crippen LogP contribution in [-0.2, 0) is 54.3 Å². The van der Waals surface area contributed by atoms with E-state index in [1.807, 2.05) is 0 Å². The lowest BCUT2D eigenvalue weighted by Crippen LogP contribution is -2.65.